The quantitative estimate of drug-likeness (QED) is 0.509. The van der Waals surface area contributed by atoms with Crippen LogP contribution in [0.4, 0.5) is 0 Å². The summed E-state index contributed by atoms with van der Waals surface area (Å²) in [5.41, 5.74) is 0. The molecule has 0 spiro atoms. The number of carbonyl (C=O) groups is 3. The SMILES string of the molecule is CCC=O.CCCNC(=O)CC=O. The second kappa shape index (κ2) is 13.4. The fraction of sp³-hybridized carbons (Fsp3) is 0.667. The molecule has 0 aliphatic carbocycles. The Hall–Kier alpha value is -1.19. The van der Waals surface area contributed by atoms with Crippen molar-refractivity contribution in [2.75, 3.05) is 6.54 Å². The minimum Gasteiger partial charge on any atom is -0.356 e. The van der Waals surface area contributed by atoms with E-state index < -0.39 is 0 Å². The fourth-order valence-corrected chi connectivity index (χ4v) is 0.412. The lowest BCUT2D eigenvalue weighted by molar-refractivity contribution is -0.123. The van der Waals surface area contributed by atoms with Gasteiger partial charge >= 0.3 is 0 Å². The summed E-state index contributed by atoms with van der Waals surface area (Å²) >= 11 is 0. The smallest absolute Gasteiger partial charge is 0.227 e. The second-order valence-electron chi connectivity index (χ2n) is 2.30. The number of aldehydes is 2. The highest BCUT2D eigenvalue weighted by Crippen LogP contribution is 1.74. The first kappa shape index (κ1) is 14.3. The van der Waals surface area contributed by atoms with Gasteiger partial charge in [-0.05, 0) is 6.42 Å². The van der Waals surface area contributed by atoms with Gasteiger partial charge in [-0.15, -0.1) is 0 Å². The molecular weight excluding hydrogens is 170 g/mol. The van der Waals surface area contributed by atoms with Crippen molar-refractivity contribution in [1.29, 1.82) is 0 Å². The lowest BCUT2D eigenvalue weighted by Crippen LogP contribution is -2.23. The standard InChI is InChI=1S/C6H11NO2.C3H6O/c1-2-4-7-6(9)3-5-8;1-2-3-4/h5H,2-4H2,1H3,(H,7,9);3H,2H2,1H3. The van der Waals surface area contributed by atoms with E-state index >= 15 is 0 Å². The van der Waals surface area contributed by atoms with Crippen molar-refractivity contribution >= 4 is 18.5 Å². The number of nitrogens with one attached hydrogen (secondary N) is 1. The minimum atomic E-state index is -0.188. The number of amides is 1. The molecule has 4 heteroatoms. The van der Waals surface area contributed by atoms with Crippen LogP contribution in [0, 0.1) is 0 Å². The number of rotatable bonds is 5. The average Bonchev–Trinajstić information content (AvgIpc) is 2.16. The Morgan fingerprint density at radius 1 is 1.23 bits per heavy atom. The topological polar surface area (TPSA) is 63.2 Å². The Labute approximate surface area is 78.7 Å². The highest BCUT2D eigenvalue weighted by molar-refractivity contribution is 5.87. The molecule has 1 N–H and O–H groups in total. The van der Waals surface area contributed by atoms with Gasteiger partial charge in [0.1, 0.15) is 12.6 Å². The maximum atomic E-state index is 10.5. The highest BCUT2D eigenvalue weighted by Gasteiger charge is 1.94. The average molecular weight is 187 g/mol. The van der Waals surface area contributed by atoms with E-state index in [9.17, 15) is 14.4 Å². The summed E-state index contributed by atoms with van der Waals surface area (Å²) in [5.74, 6) is -0.188. The van der Waals surface area contributed by atoms with Crippen LogP contribution < -0.4 is 5.32 Å². The third kappa shape index (κ3) is 18.1. The maximum Gasteiger partial charge on any atom is 0.227 e. The molecule has 0 rings (SSSR count). The molecule has 0 atom stereocenters. The minimum absolute atomic E-state index is 0.0139. The summed E-state index contributed by atoms with van der Waals surface area (Å²) in [5, 5.41) is 2.56. The van der Waals surface area contributed by atoms with Crippen LogP contribution in [0.25, 0.3) is 0 Å². The molecule has 0 saturated carbocycles. The Balaban J connectivity index is 0. The molecular formula is C9H17NO3. The maximum absolute atomic E-state index is 10.5. The number of carbonyl (C=O) groups excluding carboxylic acids is 3. The van der Waals surface area contributed by atoms with Crippen LogP contribution in [0.1, 0.15) is 33.1 Å². The van der Waals surface area contributed by atoms with E-state index in [1.54, 1.807) is 0 Å². The van der Waals surface area contributed by atoms with Gasteiger partial charge in [-0.3, -0.25) is 4.79 Å². The van der Waals surface area contributed by atoms with Gasteiger partial charge in [0.25, 0.3) is 0 Å². The summed E-state index contributed by atoms with van der Waals surface area (Å²) in [6, 6.07) is 0. The van der Waals surface area contributed by atoms with Gasteiger partial charge in [-0.25, -0.2) is 0 Å². The van der Waals surface area contributed by atoms with Crippen molar-refractivity contribution in [3.05, 3.63) is 0 Å². The Morgan fingerprint density at radius 3 is 2.08 bits per heavy atom. The molecule has 0 unspecified atom stereocenters. The van der Waals surface area contributed by atoms with E-state index in [4.69, 9.17) is 0 Å². The van der Waals surface area contributed by atoms with Gasteiger partial charge in [-0.1, -0.05) is 13.8 Å². The molecule has 4 nitrogen and oxygen atoms in total. The van der Waals surface area contributed by atoms with Crippen molar-refractivity contribution in [1.82, 2.24) is 5.32 Å². The third-order valence-corrected chi connectivity index (χ3v) is 1.01. The van der Waals surface area contributed by atoms with Crippen molar-refractivity contribution in [2.24, 2.45) is 0 Å². The van der Waals surface area contributed by atoms with Crippen molar-refractivity contribution < 1.29 is 14.4 Å². The molecule has 0 aromatic carbocycles. The van der Waals surface area contributed by atoms with E-state index in [2.05, 4.69) is 5.32 Å². The monoisotopic (exact) mass is 187 g/mol. The highest BCUT2D eigenvalue weighted by atomic mass is 16.2. The summed E-state index contributed by atoms with van der Waals surface area (Å²) < 4.78 is 0. The van der Waals surface area contributed by atoms with Crippen LogP contribution >= 0.6 is 0 Å². The lowest BCUT2D eigenvalue weighted by atomic mass is 10.4. The third-order valence-electron chi connectivity index (χ3n) is 1.01. The molecule has 0 saturated heterocycles. The molecule has 0 aromatic rings. The summed E-state index contributed by atoms with van der Waals surface area (Å²) in [6.45, 7) is 4.43. The molecule has 1 amide bonds. The first-order chi connectivity index (χ1) is 6.22. The van der Waals surface area contributed by atoms with Crippen molar-refractivity contribution in [3.63, 3.8) is 0 Å². The number of hydrogen-bond donors (Lipinski definition) is 1. The van der Waals surface area contributed by atoms with E-state index in [0.717, 1.165) is 12.7 Å². The van der Waals surface area contributed by atoms with E-state index in [-0.39, 0.29) is 12.3 Å². The van der Waals surface area contributed by atoms with Gasteiger partial charge in [0.2, 0.25) is 5.91 Å². The normalized spacial score (nSPS) is 7.85. The molecule has 0 aliphatic rings. The largest absolute Gasteiger partial charge is 0.356 e. The van der Waals surface area contributed by atoms with E-state index in [1.165, 1.54) is 0 Å². The van der Waals surface area contributed by atoms with Gasteiger partial charge in [0.15, 0.2) is 0 Å². The van der Waals surface area contributed by atoms with Gasteiger partial charge in [0, 0.05) is 13.0 Å². The van der Waals surface area contributed by atoms with Crippen LogP contribution in [-0.4, -0.2) is 25.0 Å². The Morgan fingerprint density at radius 2 is 1.77 bits per heavy atom. The molecule has 0 bridgehead atoms. The van der Waals surface area contributed by atoms with Crippen LogP contribution in [0.15, 0.2) is 0 Å². The zero-order chi connectivity index (χ0) is 10.5. The number of hydrogen-bond acceptors (Lipinski definition) is 3. The van der Waals surface area contributed by atoms with Crippen LogP contribution in [0.3, 0.4) is 0 Å². The van der Waals surface area contributed by atoms with Gasteiger partial charge in [-0.2, -0.15) is 0 Å². The zero-order valence-electron chi connectivity index (χ0n) is 8.21. The lowest BCUT2D eigenvalue weighted by Gasteiger charge is -1.96. The van der Waals surface area contributed by atoms with Crippen LogP contribution in [0.5, 0.6) is 0 Å². The van der Waals surface area contributed by atoms with Crippen molar-refractivity contribution in [2.45, 2.75) is 33.1 Å². The van der Waals surface area contributed by atoms with Gasteiger partial charge < -0.3 is 14.9 Å². The Kier molecular flexibility index (Phi) is 14.8. The van der Waals surface area contributed by atoms with Gasteiger partial charge in [0.05, 0.1) is 6.42 Å². The van der Waals surface area contributed by atoms with Crippen LogP contribution in [0.2, 0.25) is 0 Å². The zero-order valence-corrected chi connectivity index (χ0v) is 8.21. The molecule has 13 heavy (non-hydrogen) atoms. The second-order valence-corrected chi connectivity index (χ2v) is 2.30. The van der Waals surface area contributed by atoms with E-state index in [0.29, 0.717) is 19.3 Å². The predicted molar refractivity (Wildman–Crippen MR) is 50.3 cm³/mol. The molecule has 0 aromatic heterocycles. The molecule has 0 radical (unpaired) electrons. The molecule has 0 aliphatic heterocycles. The van der Waals surface area contributed by atoms with E-state index in [1.807, 2.05) is 13.8 Å². The predicted octanol–water partition coefficient (Wildman–Crippen LogP) is 0.697. The first-order valence-electron chi connectivity index (χ1n) is 4.36. The van der Waals surface area contributed by atoms with Crippen molar-refractivity contribution in [3.8, 4) is 0 Å². The fourth-order valence-electron chi connectivity index (χ4n) is 0.412. The first-order valence-corrected chi connectivity index (χ1v) is 4.36. The summed E-state index contributed by atoms with van der Waals surface area (Å²) in [4.78, 5) is 29.4. The molecule has 76 valence electrons. The Bertz CT molecular complexity index is 146. The molecule has 0 heterocycles. The molecule has 0 fully saturated rings. The van der Waals surface area contributed by atoms with Crippen LogP contribution in [-0.2, 0) is 14.4 Å². The summed E-state index contributed by atoms with van der Waals surface area (Å²) in [6.07, 6.45) is 3.01. The summed E-state index contributed by atoms with van der Waals surface area (Å²) in [7, 11) is 0.